The molecule has 0 amide bonds. The van der Waals surface area contributed by atoms with Gasteiger partial charge in [-0.15, -0.1) is 0 Å². The zero-order chi connectivity index (χ0) is 14.4. The third-order valence-corrected chi connectivity index (χ3v) is 4.52. The highest BCUT2D eigenvalue weighted by Crippen LogP contribution is 2.35. The van der Waals surface area contributed by atoms with Gasteiger partial charge in [-0.1, -0.05) is 50.1 Å². The molecule has 1 aromatic rings. The van der Waals surface area contributed by atoms with Crippen molar-refractivity contribution in [1.29, 1.82) is 0 Å². The average Bonchev–Trinajstić information content (AvgIpc) is 2.49. The van der Waals surface area contributed by atoms with Crippen molar-refractivity contribution in [3.05, 3.63) is 35.9 Å². The van der Waals surface area contributed by atoms with Crippen molar-refractivity contribution >= 4 is 5.97 Å². The topological polar surface area (TPSA) is 40.5 Å². The molecule has 1 fully saturated rings. The Balaban J connectivity index is 2.02. The number of hydrogen-bond acceptors (Lipinski definition) is 2. The van der Waals surface area contributed by atoms with Crippen LogP contribution < -0.4 is 0 Å². The van der Waals surface area contributed by atoms with Gasteiger partial charge in [0.05, 0.1) is 5.41 Å². The molecule has 110 valence electrons. The van der Waals surface area contributed by atoms with Crippen LogP contribution in [0.2, 0.25) is 0 Å². The number of piperidine rings is 1. The number of unbranched alkanes of at least 4 members (excludes halogenated alkanes) is 2. The van der Waals surface area contributed by atoms with Crippen LogP contribution in [0.1, 0.15) is 44.6 Å². The lowest BCUT2D eigenvalue weighted by atomic mass is 9.73. The summed E-state index contributed by atoms with van der Waals surface area (Å²) in [6, 6.07) is 9.74. The highest BCUT2D eigenvalue weighted by Gasteiger charge is 2.42. The minimum absolute atomic E-state index is 0.670. The molecule has 1 saturated heterocycles. The highest BCUT2D eigenvalue weighted by molar-refractivity contribution is 5.81. The Kier molecular flexibility index (Phi) is 5.18. The molecule has 20 heavy (non-hydrogen) atoms. The molecule has 1 aliphatic rings. The van der Waals surface area contributed by atoms with E-state index in [1.165, 1.54) is 19.3 Å². The SMILES string of the molecule is CCCCCN1CCC(C(=O)O)(c2ccccc2)CC1. The number of carboxylic acid groups (broad SMARTS) is 1. The maximum Gasteiger partial charge on any atom is 0.314 e. The van der Waals surface area contributed by atoms with E-state index in [1.54, 1.807) is 0 Å². The Labute approximate surface area is 121 Å². The number of carboxylic acids is 1. The first kappa shape index (κ1) is 15.0. The van der Waals surface area contributed by atoms with Gasteiger partial charge < -0.3 is 10.0 Å². The van der Waals surface area contributed by atoms with E-state index in [4.69, 9.17) is 0 Å². The van der Waals surface area contributed by atoms with Gasteiger partial charge >= 0.3 is 5.97 Å². The molecule has 0 bridgehead atoms. The van der Waals surface area contributed by atoms with Crippen LogP contribution in [-0.4, -0.2) is 35.6 Å². The van der Waals surface area contributed by atoms with Crippen molar-refractivity contribution in [1.82, 2.24) is 4.90 Å². The van der Waals surface area contributed by atoms with Crippen LogP contribution in [-0.2, 0) is 10.2 Å². The van der Waals surface area contributed by atoms with Crippen molar-refractivity contribution < 1.29 is 9.90 Å². The standard InChI is InChI=1S/C17H25NO2/c1-2-3-7-12-18-13-10-17(11-14-18,16(19)20)15-8-5-4-6-9-15/h4-6,8-9H,2-3,7,10-14H2,1H3,(H,19,20). The second-order valence-corrected chi connectivity index (χ2v) is 5.80. The molecule has 0 atom stereocenters. The van der Waals surface area contributed by atoms with E-state index in [0.717, 1.165) is 38.0 Å². The van der Waals surface area contributed by atoms with Crippen LogP contribution in [0.5, 0.6) is 0 Å². The van der Waals surface area contributed by atoms with Crippen molar-refractivity contribution in [2.45, 2.75) is 44.4 Å². The fourth-order valence-electron chi connectivity index (χ4n) is 3.13. The lowest BCUT2D eigenvalue weighted by Crippen LogP contribution is -2.47. The van der Waals surface area contributed by atoms with Crippen LogP contribution in [0.15, 0.2) is 30.3 Å². The van der Waals surface area contributed by atoms with Crippen LogP contribution >= 0.6 is 0 Å². The van der Waals surface area contributed by atoms with Crippen LogP contribution in [0, 0.1) is 0 Å². The third kappa shape index (κ3) is 3.21. The largest absolute Gasteiger partial charge is 0.481 e. The smallest absolute Gasteiger partial charge is 0.314 e. The molecule has 1 N–H and O–H groups in total. The zero-order valence-electron chi connectivity index (χ0n) is 12.3. The Morgan fingerprint density at radius 3 is 2.40 bits per heavy atom. The van der Waals surface area contributed by atoms with Crippen molar-refractivity contribution in [2.24, 2.45) is 0 Å². The summed E-state index contributed by atoms with van der Waals surface area (Å²) in [4.78, 5) is 14.2. The van der Waals surface area contributed by atoms with E-state index < -0.39 is 11.4 Å². The van der Waals surface area contributed by atoms with Crippen LogP contribution in [0.4, 0.5) is 0 Å². The number of likely N-dealkylation sites (tertiary alicyclic amines) is 1. The van der Waals surface area contributed by atoms with Gasteiger partial charge in [-0.2, -0.15) is 0 Å². The van der Waals surface area contributed by atoms with Gasteiger partial charge in [-0.05, 0) is 44.5 Å². The first-order valence-electron chi connectivity index (χ1n) is 7.70. The quantitative estimate of drug-likeness (QED) is 0.810. The fraction of sp³-hybridized carbons (Fsp3) is 0.588. The van der Waals surface area contributed by atoms with E-state index >= 15 is 0 Å². The number of nitrogens with zero attached hydrogens (tertiary/aromatic N) is 1. The molecule has 0 spiro atoms. The molecule has 3 nitrogen and oxygen atoms in total. The first-order valence-corrected chi connectivity index (χ1v) is 7.70. The minimum atomic E-state index is -0.678. The summed E-state index contributed by atoms with van der Waals surface area (Å²) in [7, 11) is 0. The lowest BCUT2D eigenvalue weighted by molar-refractivity contribution is -0.146. The lowest BCUT2D eigenvalue weighted by Gasteiger charge is -2.39. The second-order valence-electron chi connectivity index (χ2n) is 5.80. The predicted octanol–water partition coefficient (Wildman–Crippen LogP) is 3.30. The molecule has 1 aromatic carbocycles. The normalized spacial score (nSPS) is 18.9. The Morgan fingerprint density at radius 2 is 1.85 bits per heavy atom. The van der Waals surface area contributed by atoms with Gasteiger partial charge in [0, 0.05) is 0 Å². The van der Waals surface area contributed by atoms with Crippen LogP contribution in [0.3, 0.4) is 0 Å². The zero-order valence-corrected chi connectivity index (χ0v) is 12.3. The molecule has 1 aliphatic heterocycles. The summed E-state index contributed by atoms with van der Waals surface area (Å²) in [6.07, 6.45) is 5.16. The molecule has 0 radical (unpaired) electrons. The summed E-state index contributed by atoms with van der Waals surface area (Å²) in [6.45, 7) is 5.11. The van der Waals surface area contributed by atoms with Crippen molar-refractivity contribution in [3.63, 3.8) is 0 Å². The van der Waals surface area contributed by atoms with E-state index in [1.807, 2.05) is 30.3 Å². The summed E-state index contributed by atoms with van der Waals surface area (Å²) in [5.74, 6) is -0.670. The third-order valence-electron chi connectivity index (χ3n) is 4.52. The summed E-state index contributed by atoms with van der Waals surface area (Å²) < 4.78 is 0. The molecule has 3 heteroatoms. The summed E-state index contributed by atoms with van der Waals surface area (Å²) >= 11 is 0. The Hall–Kier alpha value is -1.35. The van der Waals surface area contributed by atoms with Gasteiger partial charge in [-0.25, -0.2) is 0 Å². The second kappa shape index (κ2) is 6.89. The molecule has 1 heterocycles. The maximum absolute atomic E-state index is 11.8. The molecular formula is C17H25NO2. The van der Waals surface area contributed by atoms with Gasteiger partial charge in [0.15, 0.2) is 0 Å². The first-order chi connectivity index (χ1) is 9.69. The highest BCUT2D eigenvalue weighted by atomic mass is 16.4. The van der Waals surface area contributed by atoms with Crippen LogP contribution in [0.25, 0.3) is 0 Å². The predicted molar refractivity (Wildman–Crippen MR) is 81.0 cm³/mol. The number of benzene rings is 1. The van der Waals surface area contributed by atoms with E-state index in [0.29, 0.717) is 0 Å². The number of rotatable bonds is 6. The van der Waals surface area contributed by atoms with E-state index in [9.17, 15) is 9.90 Å². The summed E-state index contributed by atoms with van der Waals surface area (Å²) in [5.41, 5.74) is 0.281. The van der Waals surface area contributed by atoms with Gasteiger partial charge in [0.25, 0.3) is 0 Å². The van der Waals surface area contributed by atoms with Gasteiger partial charge in [0.2, 0.25) is 0 Å². The molecule has 0 aliphatic carbocycles. The Bertz CT molecular complexity index is 422. The molecular weight excluding hydrogens is 250 g/mol. The molecule has 2 rings (SSSR count). The number of carbonyl (C=O) groups is 1. The fourth-order valence-corrected chi connectivity index (χ4v) is 3.13. The minimum Gasteiger partial charge on any atom is -0.481 e. The molecule has 0 saturated carbocycles. The Morgan fingerprint density at radius 1 is 1.20 bits per heavy atom. The van der Waals surface area contributed by atoms with Gasteiger partial charge in [0.1, 0.15) is 0 Å². The van der Waals surface area contributed by atoms with E-state index in [2.05, 4.69) is 11.8 Å². The number of hydrogen-bond donors (Lipinski definition) is 1. The van der Waals surface area contributed by atoms with Crippen molar-refractivity contribution in [3.8, 4) is 0 Å². The summed E-state index contributed by atoms with van der Waals surface area (Å²) in [5, 5.41) is 9.72. The van der Waals surface area contributed by atoms with Gasteiger partial charge in [-0.3, -0.25) is 4.79 Å². The van der Waals surface area contributed by atoms with Crippen molar-refractivity contribution in [2.75, 3.05) is 19.6 Å². The van der Waals surface area contributed by atoms with E-state index in [-0.39, 0.29) is 0 Å². The average molecular weight is 275 g/mol. The number of aliphatic carboxylic acids is 1. The molecule has 0 aromatic heterocycles. The monoisotopic (exact) mass is 275 g/mol. The maximum atomic E-state index is 11.8. The molecule has 0 unspecified atom stereocenters.